The molecule has 0 saturated carbocycles. The zero-order valence-electron chi connectivity index (χ0n) is 12.5. The third-order valence-electron chi connectivity index (χ3n) is 3.32. The Morgan fingerprint density at radius 1 is 0.957 bits per heavy atom. The first kappa shape index (κ1) is 15.3. The largest absolute Gasteiger partial charge is 0.489 e. The Morgan fingerprint density at radius 2 is 1.74 bits per heavy atom. The lowest BCUT2D eigenvalue weighted by Crippen LogP contribution is -1.94. The van der Waals surface area contributed by atoms with E-state index >= 15 is 0 Å². The van der Waals surface area contributed by atoms with Gasteiger partial charge in [-0.05, 0) is 40.8 Å². The van der Waals surface area contributed by atoms with Gasteiger partial charge in [-0.1, -0.05) is 54.6 Å². The first-order chi connectivity index (χ1) is 11.3. The lowest BCUT2D eigenvalue weighted by Gasteiger charge is -2.06. The standard InChI is InChI=1S/C20H16O2S/c21-19(20-7-4-14-23-20)13-10-16-8-11-18(12-9-16)22-15-17-5-2-1-3-6-17/h1-14H,15H2/b13-10+. The number of carbonyl (C=O) groups is 1. The van der Waals surface area contributed by atoms with Gasteiger partial charge in [0.1, 0.15) is 12.4 Å². The van der Waals surface area contributed by atoms with Gasteiger partial charge in [-0.2, -0.15) is 0 Å². The van der Waals surface area contributed by atoms with Gasteiger partial charge in [0.25, 0.3) is 0 Å². The van der Waals surface area contributed by atoms with Crippen LogP contribution in [0.1, 0.15) is 20.8 Å². The molecular formula is C20H16O2S. The van der Waals surface area contributed by atoms with Gasteiger partial charge < -0.3 is 4.74 Å². The van der Waals surface area contributed by atoms with E-state index in [2.05, 4.69) is 0 Å². The van der Waals surface area contributed by atoms with Gasteiger partial charge in [0.05, 0.1) is 4.88 Å². The molecule has 0 aliphatic rings. The first-order valence-corrected chi connectivity index (χ1v) is 8.22. The fourth-order valence-corrected chi connectivity index (χ4v) is 2.73. The number of ether oxygens (including phenoxy) is 1. The van der Waals surface area contributed by atoms with E-state index in [0.29, 0.717) is 6.61 Å². The minimum atomic E-state index is 0.0319. The number of hydrogen-bond donors (Lipinski definition) is 0. The van der Waals surface area contributed by atoms with E-state index in [1.807, 2.05) is 78.2 Å². The molecule has 0 bridgehead atoms. The molecule has 0 aliphatic carbocycles. The summed E-state index contributed by atoms with van der Waals surface area (Å²) < 4.78 is 5.74. The van der Waals surface area contributed by atoms with E-state index in [0.717, 1.165) is 21.8 Å². The minimum Gasteiger partial charge on any atom is -0.489 e. The summed E-state index contributed by atoms with van der Waals surface area (Å²) in [4.78, 5) is 12.7. The molecule has 0 unspecified atom stereocenters. The van der Waals surface area contributed by atoms with E-state index in [1.54, 1.807) is 6.08 Å². The monoisotopic (exact) mass is 320 g/mol. The molecule has 1 heterocycles. The van der Waals surface area contributed by atoms with Crippen LogP contribution in [-0.2, 0) is 6.61 Å². The molecule has 3 rings (SSSR count). The summed E-state index contributed by atoms with van der Waals surface area (Å²) in [5.74, 6) is 0.847. The molecule has 0 N–H and O–H groups in total. The highest BCUT2D eigenvalue weighted by Crippen LogP contribution is 2.16. The predicted molar refractivity (Wildman–Crippen MR) is 94.9 cm³/mol. The van der Waals surface area contributed by atoms with Crippen LogP contribution in [-0.4, -0.2) is 5.78 Å². The second-order valence-corrected chi connectivity index (χ2v) is 5.97. The van der Waals surface area contributed by atoms with Crippen LogP contribution in [0.3, 0.4) is 0 Å². The zero-order valence-corrected chi connectivity index (χ0v) is 13.3. The van der Waals surface area contributed by atoms with Crippen molar-refractivity contribution in [3.05, 3.63) is 94.2 Å². The van der Waals surface area contributed by atoms with Gasteiger partial charge in [0.2, 0.25) is 0 Å². The average molecular weight is 320 g/mol. The topological polar surface area (TPSA) is 26.3 Å². The van der Waals surface area contributed by atoms with Crippen LogP contribution in [0, 0.1) is 0 Å². The number of rotatable bonds is 6. The fourth-order valence-electron chi connectivity index (χ4n) is 2.09. The highest BCUT2D eigenvalue weighted by Gasteiger charge is 2.01. The molecule has 114 valence electrons. The van der Waals surface area contributed by atoms with Crippen LogP contribution in [0.2, 0.25) is 0 Å². The smallest absolute Gasteiger partial charge is 0.195 e. The number of benzene rings is 2. The highest BCUT2D eigenvalue weighted by atomic mass is 32.1. The molecule has 2 nitrogen and oxygen atoms in total. The maximum Gasteiger partial charge on any atom is 0.195 e. The van der Waals surface area contributed by atoms with Crippen molar-refractivity contribution in [1.29, 1.82) is 0 Å². The average Bonchev–Trinajstić information content (AvgIpc) is 3.14. The lowest BCUT2D eigenvalue weighted by atomic mass is 10.2. The SMILES string of the molecule is O=C(/C=C/c1ccc(OCc2ccccc2)cc1)c1cccs1. The van der Waals surface area contributed by atoms with Crippen molar-refractivity contribution >= 4 is 23.2 Å². The Hall–Kier alpha value is -2.65. The van der Waals surface area contributed by atoms with Crippen LogP contribution in [0.4, 0.5) is 0 Å². The van der Waals surface area contributed by atoms with Crippen LogP contribution in [0.5, 0.6) is 5.75 Å². The molecule has 0 saturated heterocycles. The van der Waals surface area contributed by atoms with Crippen molar-refractivity contribution in [1.82, 2.24) is 0 Å². The summed E-state index contributed by atoms with van der Waals surface area (Å²) in [7, 11) is 0. The molecule has 1 aromatic heterocycles. The molecule has 0 fully saturated rings. The van der Waals surface area contributed by atoms with Crippen LogP contribution in [0.25, 0.3) is 6.08 Å². The third kappa shape index (κ3) is 4.41. The van der Waals surface area contributed by atoms with Crippen molar-refractivity contribution in [2.45, 2.75) is 6.61 Å². The molecule has 0 amide bonds. The summed E-state index contributed by atoms with van der Waals surface area (Å²) >= 11 is 1.45. The van der Waals surface area contributed by atoms with E-state index in [-0.39, 0.29) is 5.78 Å². The second kappa shape index (κ2) is 7.56. The Kier molecular flexibility index (Phi) is 5.02. The number of thiophene rings is 1. The summed E-state index contributed by atoms with van der Waals surface area (Å²) in [5, 5.41) is 1.90. The molecule has 3 heteroatoms. The Bertz CT molecular complexity index is 772. The van der Waals surface area contributed by atoms with Crippen LogP contribution < -0.4 is 4.74 Å². The highest BCUT2D eigenvalue weighted by molar-refractivity contribution is 7.12. The molecular weight excluding hydrogens is 304 g/mol. The predicted octanol–water partition coefficient (Wildman–Crippen LogP) is 5.22. The molecule has 0 spiro atoms. The van der Waals surface area contributed by atoms with Crippen LogP contribution in [0.15, 0.2) is 78.2 Å². The van der Waals surface area contributed by atoms with Crippen molar-refractivity contribution in [2.75, 3.05) is 0 Å². The number of allylic oxidation sites excluding steroid dienone is 1. The quantitative estimate of drug-likeness (QED) is 0.459. The summed E-state index contributed by atoms with van der Waals surface area (Å²) in [6.45, 7) is 0.549. The van der Waals surface area contributed by atoms with E-state index in [4.69, 9.17) is 4.74 Å². The zero-order chi connectivity index (χ0) is 15.9. The summed E-state index contributed by atoms with van der Waals surface area (Å²) in [6.07, 6.45) is 3.43. The van der Waals surface area contributed by atoms with E-state index in [1.165, 1.54) is 11.3 Å². The van der Waals surface area contributed by atoms with Crippen molar-refractivity contribution in [3.63, 3.8) is 0 Å². The maximum absolute atomic E-state index is 11.9. The third-order valence-corrected chi connectivity index (χ3v) is 4.20. The summed E-state index contributed by atoms with van der Waals surface area (Å²) in [6, 6.07) is 21.5. The number of hydrogen-bond acceptors (Lipinski definition) is 3. The Morgan fingerprint density at radius 3 is 2.43 bits per heavy atom. The minimum absolute atomic E-state index is 0.0319. The molecule has 0 aliphatic heterocycles. The second-order valence-electron chi connectivity index (χ2n) is 5.02. The fraction of sp³-hybridized carbons (Fsp3) is 0.0500. The summed E-state index contributed by atoms with van der Waals surface area (Å²) in [5.41, 5.74) is 2.11. The lowest BCUT2D eigenvalue weighted by molar-refractivity contribution is 0.105. The van der Waals surface area contributed by atoms with Crippen LogP contribution >= 0.6 is 11.3 Å². The van der Waals surface area contributed by atoms with Crippen molar-refractivity contribution in [2.24, 2.45) is 0 Å². The van der Waals surface area contributed by atoms with Crippen molar-refractivity contribution < 1.29 is 9.53 Å². The van der Waals surface area contributed by atoms with E-state index in [9.17, 15) is 4.79 Å². The molecule has 3 aromatic rings. The molecule has 0 atom stereocenters. The van der Waals surface area contributed by atoms with Gasteiger partial charge in [0, 0.05) is 0 Å². The number of ketones is 1. The normalized spacial score (nSPS) is 10.8. The molecule has 0 radical (unpaired) electrons. The first-order valence-electron chi connectivity index (χ1n) is 7.34. The maximum atomic E-state index is 11.9. The van der Waals surface area contributed by atoms with Gasteiger partial charge in [-0.25, -0.2) is 0 Å². The Balaban J connectivity index is 1.57. The van der Waals surface area contributed by atoms with Gasteiger partial charge in [-0.3, -0.25) is 4.79 Å². The number of carbonyl (C=O) groups excluding carboxylic acids is 1. The van der Waals surface area contributed by atoms with Gasteiger partial charge in [-0.15, -0.1) is 11.3 Å². The van der Waals surface area contributed by atoms with Gasteiger partial charge in [0.15, 0.2) is 5.78 Å². The Labute approximate surface area is 139 Å². The van der Waals surface area contributed by atoms with E-state index < -0.39 is 0 Å². The molecule has 23 heavy (non-hydrogen) atoms. The van der Waals surface area contributed by atoms with Gasteiger partial charge >= 0.3 is 0 Å². The molecule has 2 aromatic carbocycles. The van der Waals surface area contributed by atoms with Crippen molar-refractivity contribution in [3.8, 4) is 5.75 Å².